The van der Waals surface area contributed by atoms with Gasteiger partial charge in [0.15, 0.2) is 0 Å². The highest BCUT2D eigenvalue weighted by molar-refractivity contribution is 7.09. The van der Waals surface area contributed by atoms with Crippen LogP contribution in [0.3, 0.4) is 0 Å². The van der Waals surface area contributed by atoms with Gasteiger partial charge >= 0.3 is 0 Å². The zero-order valence-corrected chi connectivity index (χ0v) is 14.4. The van der Waals surface area contributed by atoms with E-state index in [1.54, 1.807) is 5.38 Å². The molecule has 5 heteroatoms. The molecule has 0 unspecified atom stereocenters. The number of hydrogen-bond acceptors (Lipinski definition) is 4. The summed E-state index contributed by atoms with van der Waals surface area (Å²) in [7, 11) is 0. The minimum Gasteiger partial charge on any atom is -0.459 e. The number of furan rings is 1. The predicted octanol–water partition coefficient (Wildman–Crippen LogP) is 4.72. The maximum atomic E-state index is 12.6. The number of aryl methyl sites for hydroxylation is 1. The van der Waals surface area contributed by atoms with E-state index in [0.717, 1.165) is 21.5 Å². The van der Waals surface area contributed by atoms with Gasteiger partial charge in [0.25, 0.3) is 5.91 Å². The van der Waals surface area contributed by atoms with Crippen molar-refractivity contribution in [2.24, 2.45) is 0 Å². The Bertz CT molecular complexity index is 987. The van der Waals surface area contributed by atoms with Crippen LogP contribution in [0.15, 0.2) is 70.5 Å². The highest BCUT2D eigenvalue weighted by Gasteiger charge is 2.22. The number of nitrogens with zero attached hydrogens (tertiary/aromatic N) is 1. The van der Waals surface area contributed by atoms with Crippen LogP contribution in [0, 0.1) is 6.92 Å². The van der Waals surface area contributed by atoms with E-state index >= 15 is 0 Å². The summed E-state index contributed by atoms with van der Waals surface area (Å²) in [6.45, 7) is 1.88. The van der Waals surface area contributed by atoms with Crippen LogP contribution in [0.1, 0.15) is 32.9 Å². The lowest BCUT2D eigenvalue weighted by Crippen LogP contribution is -2.29. The van der Waals surface area contributed by atoms with E-state index in [2.05, 4.69) is 10.3 Å². The Labute approximate surface area is 149 Å². The van der Waals surface area contributed by atoms with Crippen molar-refractivity contribution in [2.45, 2.75) is 13.0 Å². The van der Waals surface area contributed by atoms with Crippen LogP contribution < -0.4 is 5.32 Å². The first kappa shape index (κ1) is 15.6. The summed E-state index contributed by atoms with van der Waals surface area (Å²) >= 11 is 1.46. The van der Waals surface area contributed by atoms with Crippen LogP contribution in [-0.2, 0) is 0 Å². The van der Waals surface area contributed by atoms with Crippen LogP contribution in [-0.4, -0.2) is 10.9 Å². The van der Waals surface area contributed by atoms with Gasteiger partial charge in [0.05, 0.1) is 5.01 Å². The Balaban J connectivity index is 1.72. The van der Waals surface area contributed by atoms with Crippen LogP contribution in [0.5, 0.6) is 0 Å². The third-order valence-corrected chi connectivity index (χ3v) is 4.76. The summed E-state index contributed by atoms with van der Waals surface area (Å²) in [4.78, 5) is 16.9. The number of fused-ring (bicyclic) bond motifs is 1. The summed E-state index contributed by atoms with van der Waals surface area (Å²) in [5.41, 5.74) is 2.19. The van der Waals surface area contributed by atoms with Crippen molar-refractivity contribution in [1.82, 2.24) is 10.3 Å². The quantitative estimate of drug-likeness (QED) is 0.581. The van der Waals surface area contributed by atoms with Crippen molar-refractivity contribution in [3.05, 3.63) is 88.1 Å². The maximum Gasteiger partial charge on any atom is 0.271 e. The van der Waals surface area contributed by atoms with Gasteiger partial charge in [-0.05, 0) is 24.6 Å². The fourth-order valence-corrected chi connectivity index (χ4v) is 3.37. The fraction of sp³-hybridized carbons (Fsp3) is 0.100. The molecule has 1 amide bonds. The minimum absolute atomic E-state index is 0.210. The van der Waals surface area contributed by atoms with Crippen molar-refractivity contribution < 1.29 is 9.21 Å². The van der Waals surface area contributed by atoms with E-state index in [-0.39, 0.29) is 11.9 Å². The molecule has 1 N–H and O–H groups in total. The summed E-state index contributed by atoms with van der Waals surface area (Å²) < 4.78 is 5.99. The van der Waals surface area contributed by atoms with Gasteiger partial charge < -0.3 is 9.73 Å². The van der Waals surface area contributed by atoms with Gasteiger partial charge in [0, 0.05) is 10.8 Å². The molecule has 0 fully saturated rings. The fourth-order valence-electron chi connectivity index (χ4n) is 2.78. The topological polar surface area (TPSA) is 55.1 Å². The van der Waals surface area contributed by atoms with E-state index in [0.29, 0.717) is 11.5 Å². The second-order valence-corrected chi connectivity index (χ2v) is 6.82. The van der Waals surface area contributed by atoms with E-state index in [4.69, 9.17) is 4.42 Å². The number of benzene rings is 2. The Morgan fingerprint density at radius 3 is 2.60 bits per heavy atom. The van der Waals surface area contributed by atoms with Crippen molar-refractivity contribution in [3.63, 3.8) is 0 Å². The predicted molar refractivity (Wildman–Crippen MR) is 98.8 cm³/mol. The van der Waals surface area contributed by atoms with Crippen LogP contribution in [0.2, 0.25) is 0 Å². The smallest absolute Gasteiger partial charge is 0.271 e. The van der Waals surface area contributed by atoms with Crippen molar-refractivity contribution >= 4 is 28.2 Å². The summed E-state index contributed by atoms with van der Waals surface area (Å²) in [6, 6.07) is 19.2. The zero-order chi connectivity index (χ0) is 17.2. The Morgan fingerprint density at radius 1 is 1.12 bits per heavy atom. The SMILES string of the molecule is Cc1nc(C(=O)N[C@@H](c2ccccc2)c2cc3ccccc3o2)cs1. The number of carbonyl (C=O) groups is 1. The molecule has 0 aliphatic rings. The molecule has 2 heterocycles. The molecule has 124 valence electrons. The number of carbonyl (C=O) groups excluding carboxylic acids is 1. The third kappa shape index (κ3) is 3.19. The first-order valence-corrected chi connectivity index (χ1v) is 8.85. The molecule has 0 aliphatic heterocycles. The number of thiazole rings is 1. The molecule has 0 spiro atoms. The molecule has 0 radical (unpaired) electrons. The zero-order valence-electron chi connectivity index (χ0n) is 13.6. The molecular formula is C20H16N2O2S. The number of aromatic nitrogens is 1. The summed E-state index contributed by atoms with van der Waals surface area (Å²) in [6.07, 6.45) is 0. The van der Waals surface area contributed by atoms with Crippen molar-refractivity contribution in [1.29, 1.82) is 0 Å². The minimum atomic E-state index is -0.372. The van der Waals surface area contributed by atoms with E-state index in [1.807, 2.05) is 67.6 Å². The molecule has 4 nitrogen and oxygen atoms in total. The van der Waals surface area contributed by atoms with Gasteiger partial charge in [0.1, 0.15) is 23.1 Å². The molecule has 25 heavy (non-hydrogen) atoms. The summed E-state index contributed by atoms with van der Waals surface area (Å²) in [5, 5.41) is 6.70. The van der Waals surface area contributed by atoms with Gasteiger partial charge in [-0.15, -0.1) is 11.3 Å². The summed E-state index contributed by atoms with van der Waals surface area (Å²) in [5.74, 6) is 0.492. The number of nitrogens with one attached hydrogen (secondary N) is 1. The molecule has 0 saturated heterocycles. The van der Waals surface area contributed by atoms with Gasteiger partial charge in [0.2, 0.25) is 0 Å². The molecule has 0 aliphatic carbocycles. The second-order valence-electron chi connectivity index (χ2n) is 5.76. The van der Waals surface area contributed by atoms with E-state index in [1.165, 1.54) is 11.3 Å². The largest absolute Gasteiger partial charge is 0.459 e. The first-order chi connectivity index (χ1) is 12.2. The van der Waals surface area contributed by atoms with Gasteiger partial charge in [-0.25, -0.2) is 4.98 Å². The number of rotatable bonds is 4. The molecule has 4 aromatic rings. The third-order valence-electron chi connectivity index (χ3n) is 3.99. The van der Waals surface area contributed by atoms with Crippen molar-refractivity contribution in [3.8, 4) is 0 Å². The number of hydrogen-bond donors (Lipinski definition) is 1. The van der Waals surface area contributed by atoms with Gasteiger partial charge in [-0.1, -0.05) is 48.5 Å². The molecule has 2 aromatic heterocycles. The number of para-hydroxylation sites is 1. The van der Waals surface area contributed by atoms with Gasteiger partial charge in [-0.3, -0.25) is 4.79 Å². The lowest BCUT2D eigenvalue weighted by atomic mass is 10.0. The monoisotopic (exact) mass is 348 g/mol. The highest BCUT2D eigenvalue weighted by atomic mass is 32.1. The molecule has 0 bridgehead atoms. The molecule has 1 atom stereocenters. The average molecular weight is 348 g/mol. The van der Waals surface area contributed by atoms with E-state index in [9.17, 15) is 4.79 Å². The molecule has 2 aromatic carbocycles. The average Bonchev–Trinajstić information content (AvgIpc) is 3.26. The maximum absolute atomic E-state index is 12.6. The molecular weight excluding hydrogens is 332 g/mol. The second kappa shape index (κ2) is 6.53. The molecule has 0 saturated carbocycles. The highest BCUT2D eigenvalue weighted by Crippen LogP contribution is 2.28. The van der Waals surface area contributed by atoms with Crippen molar-refractivity contribution in [2.75, 3.05) is 0 Å². The lowest BCUT2D eigenvalue weighted by Gasteiger charge is -2.16. The van der Waals surface area contributed by atoms with Crippen LogP contribution in [0.4, 0.5) is 0 Å². The normalized spacial score (nSPS) is 12.2. The number of amides is 1. The Morgan fingerprint density at radius 2 is 1.88 bits per heavy atom. The first-order valence-electron chi connectivity index (χ1n) is 7.97. The Hall–Kier alpha value is -2.92. The lowest BCUT2D eigenvalue weighted by molar-refractivity contribution is 0.0935. The van der Waals surface area contributed by atoms with E-state index < -0.39 is 0 Å². The van der Waals surface area contributed by atoms with Crippen LogP contribution >= 0.6 is 11.3 Å². The molecule has 4 rings (SSSR count). The Kier molecular flexibility index (Phi) is 4.07. The standard InChI is InChI=1S/C20H16N2O2S/c1-13-21-16(12-25-13)20(23)22-19(14-7-3-2-4-8-14)18-11-15-9-5-6-10-17(15)24-18/h2-12,19H,1H3,(H,22,23)/t19-/m0/s1. The van der Waals surface area contributed by atoms with Crippen LogP contribution in [0.25, 0.3) is 11.0 Å². The van der Waals surface area contributed by atoms with Gasteiger partial charge in [-0.2, -0.15) is 0 Å².